The zero-order valence-corrected chi connectivity index (χ0v) is 15.9. The van der Waals surface area contributed by atoms with E-state index >= 15 is 0 Å². The van der Waals surface area contributed by atoms with E-state index in [1.54, 1.807) is 18.2 Å². The van der Waals surface area contributed by atoms with Crippen molar-refractivity contribution in [3.05, 3.63) is 57.5 Å². The van der Waals surface area contributed by atoms with Gasteiger partial charge in [0.05, 0.1) is 15.7 Å². The van der Waals surface area contributed by atoms with Crippen molar-refractivity contribution in [1.82, 2.24) is 0 Å². The first-order valence-corrected chi connectivity index (χ1v) is 9.61. The van der Waals surface area contributed by atoms with Gasteiger partial charge in [0.15, 0.2) is 0 Å². The molecule has 3 N–H and O–H groups in total. The molecule has 0 aliphatic heterocycles. The zero-order valence-electron chi connectivity index (χ0n) is 12.8. The summed E-state index contributed by atoms with van der Waals surface area (Å²) in [5, 5.41) is 9.26. The number of anilines is 1. The van der Waals surface area contributed by atoms with Crippen LogP contribution in [-0.2, 0) is 10.1 Å². The second-order valence-electron chi connectivity index (χ2n) is 5.25. The number of benzene rings is 3. The van der Waals surface area contributed by atoms with Gasteiger partial charge in [0, 0.05) is 15.8 Å². The Morgan fingerprint density at radius 2 is 1.48 bits per heavy atom. The number of nitrogens with two attached hydrogens (primary N) is 1. The van der Waals surface area contributed by atoms with E-state index in [0.29, 0.717) is 10.4 Å². The summed E-state index contributed by atoms with van der Waals surface area (Å²) in [4.78, 5) is -0.329. The summed E-state index contributed by atoms with van der Waals surface area (Å²) in [7, 11) is -4.50. The molecule has 0 aromatic heterocycles. The molecule has 0 spiro atoms. The molecule has 0 atom stereocenters. The van der Waals surface area contributed by atoms with Crippen molar-refractivity contribution in [2.75, 3.05) is 5.73 Å². The normalized spacial score (nSPS) is 11.7. The Hall–Kier alpha value is -0.900. The van der Waals surface area contributed by atoms with E-state index in [9.17, 15) is 13.0 Å². The van der Waals surface area contributed by atoms with Crippen molar-refractivity contribution in [1.29, 1.82) is 0 Å². The van der Waals surface area contributed by atoms with Crippen LogP contribution in [0, 0.1) is 0 Å². The van der Waals surface area contributed by atoms with Crippen molar-refractivity contribution in [3.8, 4) is 0 Å². The van der Waals surface area contributed by atoms with Gasteiger partial charge in [-0.25, -0.2) is 0 Å². The molecule has 27 heavy (non-hydrogen) atoms. The Kier molecular flexibility index (Phi) is 7.16. The number of nitrogen functional groups attached to an aromatic ring is 1. The predicted octanol–water partition coefficient (Wildman–Crippen LogP) is 5.40. The number of hydrogen-bond acceptors (Lipinski definition) is 5. The second kappa shape index (κ2) is 8.63. The first kappa shape index (κ1) is 22.4. The van der Waals surface area contributed by atoms with E-state index in [2.05, 4.69) is 10.2 Å². The van der Waals surface area contributed by atoms with Crippen LogP contribution >= 0.6 is 34.8 Å². The molecule has 0 aliphatic carbocycles. The van der Waals surface area contributed by atoms with E-state index < -0.39 is 10.1 Å². The molecule has 0 saturated heterocycles. The van der Waals surface area contributed by atoms with Gasteiger partial charge in [0.1, 0.15) is 16.3 Å². The van der Waals surface area contributed by atoms with Gasteiger partial charge in [0.2, 0.25) is 0 Å². The summed E-state index contributed by atoms with van der Waals surface area (Å²) in [6, 6.07) is 10.5. The Bertz CT molecular complexity index is 1150. The summed E-state index contributed by atoms with van der Waals surface area (Å²) >= 11 is 17.9. The first-order chi connectivity index (χ1) is 12.2. The van der Waals surface area contributed by atoms with E-state index in [1.165, 1.54) is 18.2 Å². The van der Waals surface area contributed by atoms with Gasteiger partial charge in [-0.2, -0.15) is 8.42 Å². The molecule has 0 heterocycles. The molecule has 0 saturated carbocycles. The third-order valence-electron chi connectivity index (χ3n) is 3.54. The van der Waals surface area contributed by atoms with E-state index in [1.807, 2.05) is 0 Å². The van der Waals surface area contributed by atoms with Crippen LogP contribution in [0.15, 0.2) is 57.6 Å². The molecule has 11 heteroatoms. The Morgan fingerprint density at radius 3 is 2.04 bits per heavy atom. The zero-order chi connectivity index (χ0) is 19.1. The first-order valence-electron chi connectivity index (χ1n) is 7.03. The number of rotatable bonds is 3. The minimum atomic E-state index is -4.50. The summed E-state index contributed by atoms with van der Waals surface area (Å²) in [5.41, 5.74) is 6.46. The Labute approximate surface area is 192 Å². The van der Waals surface area contributed by atoms with Crippen LogP contribution in [0.5, 0.6) is 0 Å². The summed E-state index contributed by atoms with van der Waals surface area (Å²) in [6.45, 7) is 0. The average molecular weight is 455 g/mol. The molecule has 3 aromatic carbocycles. The fourth-order valence-electron chi connectivity index (χ4n) is 2.38. The summed E-state index contributed by atoms with van der Waals surface area (Å²) in [6.07, 6.45) is 0. The van der Waals surface area contributed by atoms with Gasteiger partial charge in [-0.05, 0) is 18.2 Å². The molecule has 136 valence electrons. The molecule has 0 amide bonds. The Balaban J connectivity index is 0.00000261. The second-order valence-corrected chi connectivity index (χ2v) is 7.89. The Morgan fingerprint density at radius 1 is 0.926 bits per heavy atom. The van der Waals surface area contributed by atoms with Crippen LogP contribution in [0.2, 0.25) is 15.1 Å². The van der Waals surface area contributed by atoms with E-state index in [-0.39, 0.29) is 66.9 Å². The van der Waals surface area contributed by atoms with E-state index in [0.717, 1.165) is 6.07 Å². The van der Waals surface area contributed by atoms with Gasteiger partial charge in [0.25, 0.3) is 10.1 Å². The number of halogens is 3. The van der Waals surface area contributed by atoms with Gasteiger partial charge >= 0.3 is 29.6 Å². The molecular weight excluding hydrogens is 444 g/mol. The molecule has 0 fully saturated rings. The summed E-state index contributed by atoms with van der Waals surface area (Å²) in [5.74, 6) is 0. The van der Waals surface area contributed by atoms with E-state index in [4.69, 9.17) is 40.5 Å². The monoisotopic (exact) mass is 453 g/mol. The number of hydrogen-bond donors (Lipinski definition) is 2. The van der Waals surface area contributed by atoms with Crippen LogP contribution in [0.25, 0.3) is 10.8 Å². The summed E-state index contributed by atoms with van der Waals surface area (Å²) < 4.78 is 32.9. The maximum absolute atomic E-state index is 11.7. The van der Waals surface area contributed by atoms with Crippen molar-refractivity contribution in [2.45, 2.75) is 4.90 Å². The SMILES string of the molecule is Nc1c(/N=N/c2c(Cl)cc(Cl)cc2Cl)cc(S(=O)(=O)O)c2ccccc12.[NaH]. The molecule has 3 aromatic rings. The number of azo groups is 1. The molecule has 6 nitrogen and oxygen atoms in total. The standard InChI is InChI=1S/C16H10Cl3N3O3S.Na.H/c17-8-5-11(18)16(12(19)6-8)22-21-13-7-14(26(23,24)25)9-3-1-2-4-10(9)15(13)20;;/h1-7H,20H2,(H,23,24,25);;/b22-21+;;. The molecule has 0 unspecified atom stereocenters. The van der Waals surface area contributed by atoms with Crippen molar-refractivity contribution in [2.24, 2.45) is 10.2 Å². The van der Waals surface area contributed by atoms with Gasteiger partial charge in [-0.3, -0.25) is 4.55 Å². The minimum absolute atomic E-state index is 0. The molecule has 3 rings (SSSR count). The van der Waals surface area contributed by atoms with Crippen molar-refractivity contribution >= 4 is 102 Å². The third kappa shape index (κ3) is 4.75. The fraction of sp³-hybridized carbons (Fsp3) is 0. The fourth-order valence-corrected chi connectivity index (χ4v) is 3.99. The molecule has 0 bridgehead atoms. The van der Waals surface area contributed by atoms with Crippen LogP contribution in [0.4, 0.5) is 17.1 Å². The topological polar surface area (TPSA) is 105 Å². The molecule has 0 aliphatic rings. The van der Waals surface area contributed by atoms with Crippen LogP contribution in [0.3, 0.4) is 0 Å². The average Bonchev–Trinajstić information content (AvgIpc) is 2.54. The van der Waals surface area contributed by atoms with Crippen LogP contribution < -0.4 is 5.73 Å². The van der Waals surface area contributed by atoms with Crippen molar-refractivity contribution in [3.63, 3.8) is 0 Å². The van der Waals surface area contributed by atoms with Gasteiger partial charge < -0.3 is 5.73 Å². The molecule has 0 radical (unpaired) electrons. The number of fused-ring (bicyclic) bond motifs is 1. The van der Waals surface area contributed by atoms with Gasteiger partial charge in [-0.1, -0.05) is 59.1 Å². The predicted molar refractivity (Wildman–Crippen MR) is 111 cm³/mol. The van der Waals surface area contributed by atoms with Crippen molar-refractivity contribution < 1.29 is 13.0 Å². The number of nitrogens with zero attached hydrogens (tertiary/aromatic N) is 2. The van der Waals surface area contributed by atoms with Crippen LogP contribution in [0.1, 0.15) is 0 Å². The third-order valence-corrected chi connectivity index (χ3v) is 5.23. The quantitative estimate of drug-likeness (QED) is 0.239. The van der Waals surface area contributed by atoms with Gasteiger partial charge in [-0.15, -0.1) is 10.2 Å². The van der Waals surface area contributed by atoms with Crippen LogP contribution in [-0.4, -0.2) is 42.5 Å². The molecular formula is C16H11Cl3N3NaO3S. The maximum atomic E-state index is 11.7.